The fourth-order valence-corrected chi connectivity index (χ4v) is 5.04. The number of nitrogens with one attached hydrogen (secondary N) is 1. The number of fused-ring (bicyclic) bond motifs is 1. The number of ether oxygens (including phenoxy) is 1. The molecule has 4 rings (SSSR count). The molecule has 0 atom stereocenters. The zero-order chi connectivity index (χ0) is 24.5. The maximum atomic E-state index is 14.0. The highest BCUT2D eigenvalue weighted by atomic mass is 32.2. The maximum absolute atomic E-state index is 14.0. The van der Waals surface area contributed by atoms with E-state index in [1.807, 2.05) is 0 Å². The molecular weight excluding hydrogens is 464 g/mol. The first-order valence-electron chi connectivity index (χ1n) is 10.1. The summed E-state index contributed by atoms with van der Waals surface area (Å²) in [6, 6.07) is 17.1. The third-order valence-corrected chi connectivity index (χ3v) is 6.67. The molecule has 4 aromatic carbocycles. The Hall–Kier alpha value is -3.98. The van der Waals surface area contributed by atoms with Gasteiger partial charge in [-0.25, -0.2) is 17.2 Å². The molecule has 6 nitrogen and oxygen atoms in total. The van der Waals surface area contributed by atoms with Gasteiger partial charge in [0.1, 0.15) is 17.4 Å². The van der Waals surface area contributed by atoms with Gasteiger partial charge in [0.2, 0.25) is 0 Å². The van der Waals surface area contributed by atoms with Crippen LogP contribution in [0.15, 0.2) is 77.7 Å². The van der Waals surface area contributed by atoms with Gasteiger partial charge < -0.3 is 9.84 Å². The summed E-state index contributed by atoms with van der Waals surface area (Å²) in [5.74, 6) is -2.01. The van der Waals surface area contributed by atoms with Crippen molar-refractivity contribution in [1.29, 1.82) is 0 Å². The van der Waals surface area contributed by atoms with Crippen LogP contribution in [-0.2, 0) is 21.2 Å². The largest absolute Gasteiger partial charge is 0.495 e. The van der Waals surface area contributed by atoms with E-state index >= 15 is 0 Å². The first-order valence-corrected chi connectivity index (χ1v) is 11.6. The molecule has 0 saturated heterocycles. The van der Waals surface area contributed by atoms with E-state index < -0.39 is 34.0 Å². The number of hydrogen-bond acceptors (Lipinski definition) is 4. The molecule has 0 radical (unpaired) electrons. The molecule has 174 valence electrons. The Bertz CT molecular complexity index is 1500. The first-order chi connectivity index (χ1) is 16.2. The van der Waals surface area contributed by atoms with Crippen LogP contribution in [0.25, 0.3) is 21.9 Å². The van der Waals surface area contributed by atoms with E-state index in [1.54, 1.807) is 24.3 Å². The molecule has 0 aliphatic rings. The van der Waals surface area contributed by atoms with Crippen LogP contribution in [0.2, 0.25) is 0 Å². The van der Waals surface area contributed by atoms with Crippen LogP contribution in [-0.4, -0.2) is 26.6 Å². The minimum atomic E-state index is -4.21. The van der Waals surface area contributed by atoms with Crippen LogP contribution in [0, 0.1) is 11.6 Å². The average Bonchev–Trinajstić information content (AvgIpc) is 2.80. The Labute approximate surface area is 194 Å². The highest BCUT2D eigenvalue weighted by Gasteiger charge is 2.23. The van der Waals surface area contributed by atoms with Gasteiger partial charge in [-0.2, -0.15) is 0 Å². The molecular formula is C25H19F2NO5S. The van der Waals surface area contributed by atoms with Crippen molar-refractivity contribution in [2.45, 2.75) is 11.3 Å². The van der Waals surface area contributed by atoms with E-state index in [0.717, 1.165) is 12.1 Å². The molecule has 0 bridgehead atoms. The van der Waals surface area contributed by atoms with Crippen LogP contribution >= 0.6 is 0 Å². The van der Waals surface area contributed by atoms with Gasteiger partial charge in [-0.1, -0.05) is 36.4 Å². The molecule has 9 heteroatoms. The van der Waals surface area contributed by atoms with Gasteiger partial charge in [0.25, 0.3) is 10.0 Å². The number of rotatable bonds is 7. The number of aliphatic carboxylic acids is 1. The van der Waals surface area contributed by atoms with Gasteiger partial charge in [0.15, 0.2) is 0 Å². The molecule has 0 aliphatic heterocycles. The molecule has 0 aliphatic carbocycles. The normalized spacial score (nSPS) is 11.4. The molecule has 0 fully saturated rings. The second-order valence-electron chi connectivity index (χ2n) is 7.49. The van der Waals surface area contributed by atoms with Crippen molar-refractivity contribution in [3.8, 4) is 16.9 Å². The number of hydrogen-bond donors (Lipinski definition) is 2. The van der Waals surface area contributed by atoms with Crippen LogP contribution in [0.4, 0.5) is 14.5 Å². The fourth-order valence-electron chi connectivity index (χ4n) is 3.75. The maximum Gasteiger partial charge on any atom is 0.307 e. The van der Waals surface area contributed by atoms with Crippen molar-refractivity contribution in [3.05, 3.63) is 90.0 Å². The van der Waals surface area contributed by atoms with Gasteiger partial charge >= 0.3 is 5.97 Å². The third-order valence-electron chi connectivity index (χ3n) is 5.25. The Morgan fingerprint density at radius 1 is 0.971 bits per heavy atom. The van der Waals surface area contributed by atoms with E-state index in [-0.39, 0.29) is 16.1 Å². The van der Waals surface area contributed by atoms with E-state index in [1.165, 1.54) is 43.5 Å². The third kappa shape index (κ3) is 4.55. The number of benzene rings is 4. The number of anilines is 1. The molecule has 0 saturated carbocycles. The van der Waals surface area contributed by atoms with Crippen molar-refractivity contribution in [3.63, 3.8) is 0 Å². The van der Waals surface area contributed by atoms with E-state index in [2.05, 4.69) is 4.72 Å². The quantitative estimate of drug-likeness (QED) is 0.376. The minimum absolute atomic E-state index is 0.0147. The van der Waals surface area contributed by atoms with Crippen molar-refractivity contribution in [2.75, 3.05) is 11.8 Å². The van der Waals surface area contributed by atoms with E-state index in [9.17, 15) is 22.0 Å². The molecule has 2 N–H and O–H groups in total. The van der Waals surface area contributed by atoms with Crippen molar-refractivity contribution >= 4 is 32.5 Å². The molecule has 0 aromatic heterocycles. The fraction of sp³-hybridized carbons (Fsp3) is 0.0800. The molecule has 0 unspecified atom stereocenters. The van der Waals surface area contributed by atoms with Crippen LogP contribution in [0.3, 0.4) is 0 Å². The predicted molar refractivity (Wildman–Crippen MR) is 124 cm³/mol. The number of halogens is 2. The van der Waals surface area contributed by atoms with E-state index in [4.69, 9.17) is 9.84 Å². The second kappa shape index (κ2) is 9.11. The standard InChI is InChI=1S/C25H19F2NO5S/c1-33-25-20-5-3-2-4-19(20)23(14-21(25)15-6-8-17(26)9-7-15)34(31,32)28-18-10-11-22(27)16(12-18)13-24(29)30/h2-12,14,28H,13H2,1H3,(H,29,30). The Kier molecular flexibility index (Phi) is 6.21. The lowest BCUT2D eigenvalue weighted by molar-refractivity contribution is -0.136. The number of methoxy groups -OCH3 is 1. The van der Waals surface area contributed by atoms with Crippen LogP contribution in [0.5, 0.6) is 5.75 Å². The summed E-state index contributed by atoms with van der Waals surface area (Å²) in [5.41, 5.74) is 0.846. The van der Waals surface area contributed by atoms with Crippen molar-refractivity contribution in [1.82, 2.24) is 0 Å². The van der Waals surface area contributed by atoms with Crippen molar-refractivity contribution in [2.24, 2.45) is 0 Å². The monoisotopic (exact) mass is 483 g/mol. The zero-order valence-electron chi connectivity index (χ0n) is 17.9. The van der Waals surface area contributed by atoms with Gasteiger partial charge in [-0.05, 0) is 42.0 Å². The summed E-state index contributed by atoms with van der Waals surface area (Å²) < 4.78 is 62.3. The van der Waals surface area contributed by atoms with Gasteiger partial charge in [-0.15, -0.1) is 0 Å². The predicted octanol–water partition coefficient (Wildman–Crippen LogP) is 5.22. The van der Waals surface area contributed by atoms with Crippen LogP contribution < -0.4 is 9.46 Å². The Morgan fingerprint density at radius 3 is 2.29 bits per heavy atom. The summed E-state index contributed by atoms with van der Waals surface area (Å²) in [6.07, 6.45) is -0.596. The molecule has 4 aromatic rings. The topological polar surface area (TPSA) is 92.7 Å². The average molecular weight is 483 g/mol. The number of carbonyl (C=O) groups is 1. The van der Waals surface area contributed by atoms with Gasteiger partial charge in [0, 0.05) is 27.6 Å². The Balaban J connectivity index is 1.88. The molecule has 0 spiro atoms. The van der Waals surface area contributed by atoms with Crippen LogP contribution in [0.1, 0.15) is 5.56 Å². The van der Waals surface area contributed by atoms with Gasteiger partial charge in [-0.3, -0.25) is 9.52 Å². The van der Waals surface area contributed by atoms with Crippen molar-refractivity contribution < 1.29 is 31.8 Å². The highest BCUT2D eigenvalue weighted by molar-refractivity contribution is 7.93. The number of sulfonamides is 1. The second-order valence-corrected chi connectivity index (χ2v) is 9.14. The first kappa shape index (κ1) is 23.2. The minimum Gasteiger partial charge on any atom is -0.495 e. The number of carboxylic acid groups (broad SMARTS) is 1. The molecule has 34 heavy (non-hydrogen) atoms. The lowest BCUT2D eigenvalue weighted by atomic mass is 9.99. The van der Waals surface area contributed by atoms with Gasteiger partial charge in [0.05, 0.1) is 18.4 Å². The SMILES string of the molecule is COc1c(-c2ccc(F)cc2)cc(S(=O)(=O)Nc2ccc(F)c(CC(=O)O)c2)c2ccccc12. The molecule has 0 heterocycles. The zero-order valence-corrected chi connectivity index (χ0v) is 18.7. The summed E-state index contributed by atoms with van der Waals surface area (Å²) in [4.78, 5) is 10.9. The lowest BCUT2D eigenvalue weighted by Crippen LogP contribution is -2.14. The van der Waals surface area contributed by atoms with E-state index in [0.29, 0.717) is 27.6 Å². The molecule has 0 amide bonds. The summed E-state index contributed by atoms with van der Waals surface area (Å²) in [7, 11) is -2.75. The summed E-state index contributed by atoms with van der Waals surface area (Å²) >= 11 is 0. The summed E-state index contributed by atoms with van der Waals surface area (Å²) in [5, 5.41) is 9.88. The highest BCUT2D eigenvalue weighted by Crippen LogP contribution is 2.40. The number of carboxylic acids is 1. The Morgan fingerprint density at radius 2 is 1.65 bits per heavy atom. The smallest absolute Gasteiger partial charge is 0.307 e. The summed E-state index contributed by atoms with van der Waals surface area (Å²) in [6.45, 7) is 0. The lowest BCUT2D eigenvalue weighted by Gasteiger charge is -2.17.